The number of carbonyl (C=O) groups is 2. The van der Waals surface area contributed by atoms with E-state index in [1.165, 1.54) is 0 Å². The lowest BCUT2D eigenvalue weighted by molar-refractivity contribution is -0.549. The molecule has 0 bridgehead atoms. The van der Waals surface area contributed by atoms with Gasteiger partial charge in [0.25, 0.3) is 0 Å². The summed E-state index contributed by atoms with van der Waals surface area (Å²) in [6.07, 6.45) is -2.52. The van der Waals surface area contributed by atoms with Gasteiger partial charge in [0.1, 0.15) is 6.42 Å². The van der Waals surface area contributed by atoms with E-state index >= 15 is 0 Å². The third-order valence-corrected chi connectivity index (χ3v) is 1.71. The molecule has 0 spiro atoms. The summed E-state index contributed by atoms with van der Waals surface area (Å²) in [7, 11) is -2.27. The van der Waals surface area contributed by atoms with Crippen LogP contribution in [0.5, 0.6) is 0 Å². The van der Waals surface area contributed by atoms with Gasteiger partial charge in [-0.25, -0.2) is 4.79 Å². The molecule has 10 heteroatoms. The fourth-order valence-electron chi connectivity index (χ4n) is 1.00. The zero-order valence-electron chi connectivity index (χ0n) is 7.36. The molecule has 0 aromatic rings. The van der Waals surface area contributed by atoms with E-state index in [0.29, 0.717) is 0 Å². The number of nitrogens with zero attached hydrogens (tertiary/aromatic N) is 1. The van der Waals surface area contributed by atoms with E-state index in [4.69, 9.17) is 20.3 Å². The summed E-state index contributed by atoms with van der Waals surface area (Å²) < 4.78 is 0. The van der Waals surface area contributed by atoms with E-state index in [-0.39, 0.29) is 0 Å². The average molecular weight is 221 g/mol. The van der Waals surface area contributed by atoms with Crippen molar-refractivity contribution >= 4 is 19.1 Å². The highest BCUT2D eigenvalue weighted by atomic mass is 16.6. The van der Waals surface area contributed by atoms with Crippen molar-refractivity contribution in [2.24, 2.45) is 0 Å². The van der Waals surface area contributed by atoms with E-state index in [2.05, 4.69) is 0 Å². The highest BCUT2D eigenvalue weighted by Crippen LogP contribution is 2.22. The van der Waals surface area contributed by atoms with Crippen LogP contribution in [0.1, 0.15) is 6.42 Å². The van der Waals surface area contributed by atoms with Gasteiger partial charge in [0.05, 0.1) is 6.32 Å². The third-order valence-electron chi connectivity index (χ3n) is 1.71. The van der Waals surface area contributed by atoms with Crippen molar-refractivity contribution in [2.75, 3.05) is 0 Å². The van der Waals surface area contributed by atoms with Gasteiger partial charge in [-0.2, -0.15) is 0 Å². The first-order valence-corrected chi connectivity index (χ1v) is 3.68. The predicted octanol–water partition coefficient (Wildman–Crippen LogP) is -1.97. The highest BCUT2D eigenvalue weighted by molar-refractivity contribution is 6.42. The topological polar surface area (TPSA) is 158 Å². The standard InChI is InChI=1S/C5H8BNO8/c8-3(9)1-5(4(10)11,7(14)15)2-6(12)13/h12-13H,1-2H2,(H,8,9)(H,10,11). The summed E-state index contributed by atoms with van der Waals surface area (Å²) in [5.74, 6) is -3.74. The molecule has 0 aromatic carbocycles. The summed E-state index contributed by atoms with van der Waals surface area (Å²) in [6, 6.07) is 0. The van der Waals surface area contributed by atoms with Gasteiger partial charge in [0, 0.05) is 4.92 Å². The quantitative estimate of drug-likeness (QED) is 0.228. The van der Waals surface area contributed by atoms with Crippen LogP contribution in [0.15, 0.2) is 0 Å². The highest BCUT2D eigenvalue weighted by Gasteiger charge is 2.55. The molecule has 0 saturated carbocycles. The van der Waals surface area contributed by atoms with Crippen LogP contribution in [0, 0.1) is 10.1 Å². The Morgan fingerprint density at radius 2 is 1.80 bits per heavy atom. The maximum atomic E-state index is 10.6. The average Bonchev–Trinajstić information content (AvgIpc) is 1.99. The number of hydrogen-bond donors (Lipinski definition) is 4. The van der Waals surface area contributed by atoms with Crippen molar-refractivity contribution in [2.45, 2.75) is 18.3 Å². The SMILES string of the molecule is O=C(O)CC(CB(O)O)(C(=O)O)[N+](=O)[O-]. The fraction of sp³-hybridized carbons (Fsp3) is 0.600. The van der Waals surface area contributed by atoms with Crippen LogP contribution in [0.25, 0.3) is 0 Å². The van der Waals surface area contributed by atoms with E-state index in [1.807, 2.05) is 0 Å². The van der Waals surface area contributed by atoms with Crippen LogP contribution < -0.4 is 0 Å². The Bertz CT molecular complexity index is 275. The maximum Gasteiger partial charge on any atom is 0.459 e. The van der Waals surface area contributed by atoms with Crippen molar-refractivity contribution in [3.8, 4) is 0 Å². The largest absolute Gasteiger partial charge is 0.481 e. The Morgan fingerprint density at radius 1 is 1.33 bits per heavy atom. The Labute approximate surface area is 83.2 Å². The van der Waals surface area contributed by atoms with Gasteiger partial charge in [-0.3, -0.25) is 14.9 Å². The fourth-order valence-corrected chi connectivity index (χ4v) is 1.00. The van der Waals surface area contributed by atoms with Crippen molar-refractivity contribution < 1.29 is 34.8 Å². The summed E-state index contributed by atoms with van der Waals surface area (Å²) in [5, 5.41) is 44.4. The Balaban J connectivity index is 5.17. The van der Waals surface area contributed by atoms with Crippen LogP contribution >= 0.6 is 0 Å². The third kappa shape index (κ3) is 3.18. The molecule has 0 rings (SSSR count). The van der Waals surface area contributed by atoms with Gasteiger partial charge in [-0.05, 0) is 0 Å². The number of hydrogen-bond acceptors (Lipinski definition) is 6. The van der Waals surface area contributed by atoms with E-state index in [9.17, 15) is 19.7 Å². The van der Waals surface area contributed by atoms with E-state index in [1.54, 1.807) is 0 Å². The van der Waals surface area contributed by atoms with Gasteiger partial charge in [-0.15, -0.1) is 0 Å². The second-order valence-corrected chi connectivity index (χ2v) is 2.85. The van der Waals surface area contributed by atoms with Crippen molar-refractivity contribution in [1.82, 2.24) is 0 Å². The minimum Gasteiger partial charge on any atom is -0.481 e. The first kappa shape index (κ1) is 13.3. The van der Waals surface area contributed by atoms with Gasteiger partial charge in [0.2, 0.25) is 0 Å². The number of carboxylic acid groups (broad SMARTS) is 2. The molecular weight excluding hydrogens is 213 g/mol. The van der Waals surface area contributed by atoms with Crippen molar-refractivity contribution in [3.05, 3.63) is 10.1 Å². The normalized spacial score (nSPS) is 14.0. The zero-order chi connectivity index (χ0) is 12.2. The predicted molar refractivity (Wildman–Crippen MR) is 44.6 cm³/mol. The summed E-state index contributed by atoms with van der Waals surface area (Å²) in [4.78, 5) is 30.0. The van der Waals surface area contributed by atoms with Gasteiger partial charge in [0.15, 0.2) is 0 Å². The van der Waals surface area contributed by atoms with E-state index in [0.717, 1.165) is 0 Å². The van der Waals surface area contributed by atoms with E-state index < -0.39 is 42.3 Å². The molecule has 0 radical (unpaired) electrons. The lowest BCUT2D eigenvalue weighted by atomic mass is 9.72. The summed E-state index contributed by atoms with van der Waals surface area (Å²) >= 11 is 0. The number of carboxylic acids is 2. The zero-order valence-corrected chi connectivity index (χ0v) is 7.36. The monoisotopic (exact) mass is 221 g/mol. The molecule has 0 aliphatic rings. The Hall–Kier alpha value is -1.68. The molecule has 4 N–H and O–H groups in total. The molecule has 0 aromatic heterocycles. The number of rotatable bonds is 6. The molecule has 84 valence electrons. The van der Waals surface area contributed by atoms with Crippen molar-refractivity contribution in [1.29, 1.82) is 0 Å². The molecule has 9 nitrogen and oxygen atoms in total. The molecule has 15 heavy (non-hydrogen) atoms. The molecule has 0 aliphatic carbocycles. The minimum absolute atomic E-state index is 1.19. The van der Waals surface area contributed by atoms with Crippen LogP contribution in [0.2, 0.25) is 6.32 Å². The van der Waals surface area contributed by atoms with Crippen LogP contribution in [-0.4, -0.2) is 49.8 Å². The van der Waals surface area contributed by atoms with Crippen LogP contribution in [0.4, 0.5) is 0 Å². The minimum atomic E-state index is -2.92. The molecule has 0 saturated heterocycles. The Kier molecular flexibility index (Phi) is 4.18. The molecule has 0 amide bonds. The summed E-state index contributed by atoms with van der Waals surface area (Å²) in [5.41, 5.74) is -2.92. The second-order valence-electron chi connectivity index (χ2n) is 2.85. The maximum absolute atomic E-state index is 10.6. The second kappa shape index (κ2) is 4.71. The van der Waals surface area contributed by atoms with Crippen molar-refractivity contribution in [3.63, 3.8) is 0 Å². The molecule has 1 atom stereocenters. The first-order chi connectivity index (χ1) is 6.72. The molecular formula is C5H8BNO8. The molecule has 1 unspecified atom stereocenters. The van der Waals surface area contributed by atoms with Crippen LogP contribution in [-0.2, 0) is 9.59 Å². The lowest BCUT2D eigenvalue weighted by Crippen LogP contribution is -2.50. The summed E-state index contributed by atoms with van der Waals surface area (Å²) in [6.45, 7) is 0. The first-order valence-electron chi connectivity index (χ1n) is 3.68. The van der Waals surface area contributed by atoms with Crippen LogP contribution in [0.3, 0.4) is 0 Å². The molecule has 0 heterocycles. The lowest BCUT2D eigenvalue weighted by Gasteiger charge is -2.18. The van der Waals surface area contributed by atoms with Gasteiger partial charge < -0.3 is 20.3 Å². The number of aliphatic carboxylic acids is 2. The van der Waals surface area contributed by atoms with Gasteiger partial charge in [-0.1, -0.05) is 0 Å². The van der Waals surface area contributed by atoms with Gasteiger partial charge >= 0.3 is 24.6 Å². The smallest absolute Gasteiger partial charge is 0.459 e. The number of nitro groups is 1. The Morgan fingerprint density at radius 3 is 2.00 bits per heavy atom. The molecule has 0 fully saturated rings. The molecule has 0 aliphatic heterocycles.